The Hall–Kier alpha value is -2.88. The maximum absolute atomic E-state index is 12.7. The molecule has 0 saturated heterocycles. The Kier molecular flexibility index (Phi) is 4.45. The molecule has 0 aliphatic heterocycles. The fraction of sp³-hybridized carbons (Fsp3) is 0.200. The number of rotatable bonds is 4. The van der Waals surface area contributed by atoms with Crippen molar-refractivity contribution in [2.24, 2.45) is 5.73 Å². The normalized spacial score (nSPS) is 13.0. The third-order valence-electron chi connectivity index (χ3n) is 3.57. The van der Waals surface area contributed by atoms with Crippen molar-refractivity contribution < 1.29 is 22.7 Å². The molecule has 26 heavy (non-hydrogen) atoms. The van der Waals surface area contributed by atoms with Gasteiger partial charge < -0.3 is 10.5 Å². The smallest absolute Gasteiger partial charge is 0.416 e. The Morgan fingerprint density at radius 2 is 2.08 bits per heavy atom. The zero-order chi connectivity index (χ0) is 19.1. The fourth-order valence-corrected chi connectivity index (χ4v) is 2.38. The number of carbonyl (C=O) groups excluding carboxylic acids is 1. The topological polar surface area (TPSA) is 95.9 Å². The number of nitrogens with two attached hydrogens (primary N) is 1. The number of carbonyl (C=O) groups is 1. The van der Waals surface area contributed by atoms with E-state index < -0.39 is 23.7 Å². The number of primary amides is 1. The van der Waals surface area contributed by atoms with Crippen LogP contribution in [-0.2, 0) is 11.0 Å². The molecule has 1 aromatic carbocycles. The number of nitrogens with zero attached hydrogens (tertiary/aromatic N) is 4. The molecule has 1 atom stereocenters. The van der Waals surface area contributed by atoms with Crippen molar-refractivity contribution in [1.29, 1.82) is 0 Å². The minimum atomic E-state index is -4.51. The number of hydrogen-bond acceptors (Lipinski definition) is 5. The van der Waals surface area contributed by atoms with Gasteiger partial charge in [0.1, 0.15) is 23.1 Å². The molecule has 3 rings (SSSR count). The summed E-state index contributed by atoms with van der Waals surface area (Å²) in [6.07, 6.45) is -3.20. The van der Waals surface area contributed by atoms with Gasteiger partial charge in [0.2, 0.25) is 11.6 Å². The zero-order valence-corrected chi connectivity index (χ0v) is 13.9. The van der Waals surface area contributed by atoms with Crippen LogP contribution in [0.2, 0.25) is 5.02 Å². The van der Waals surface area contributed by atoms with Gasteiger partial charge in [-0.1, -0.05) is 16.8 Å². The van der Waals surface area contributed by atoms with Crippen LogP contribution in [0.1, 0.15) is 18.5 Å². The number of halogens is 4. The molecule has 2 N–H and O–H groups in total. The Labute approximate surface area is 149 Å². The van der Waals surface area contributed by atoms with Crippen LogP contribution in [-0.4, -0.2) is 25.9 Å². The van der Waals surface area contributed by atoms with Crippen LogP contribution in [0.15, 0.2) is 30.5 Å². The number of alkyl halides is 3. The first-order valence-corrected chi connectivity index (χ1v) is 7.59. The number of benzene rings is 1. The largest absolute Gasteiger partial charge is 0.454 e. The van der Waals surface area contributed by atoms with E-state index in [0.29, 0.717) is 5.52 Å². The lowest BCUT2D eigenvalue weighted by atomic mass is 10.2. The van der Waals surface area contributed by atoms with E-state index in [2.05, 4.69) is 15.3 Å². The predicted octanol–water partition coefficient (Wildman–Crippen LogP) is 3.34. The maximum Gasteiger partial charge on any atom is 0.416 e. The van der Waals surface area contributed by atoms with Gasteiger partial charge in [0, 0.05) is 6.07 Å². The number of aromatic nitrogens is 4. The number of hydrogen-bond donors (Lipinski definition) is 1. The highest BCUT2D eigenvalue weighted by molar-refractivity contribution is 6.32. The van der Waals surface area contributed by atoms with Crippen LogP contribution >= 0.6 is 11.6 Å². The van der Waals surface area contributed by atoms with Crippen LogP contribution in [0, 0.1) is 0 Å². The van der Waals surface area contributed by atoms with Crippen LogP contribution in [0.5, 0.6) is 11.5 Å². The van der Waals surface area contributed by atoms with Crippen molar-refractivity contribution in [2.75, 3.05) is 0 Å². The molecule has 0 spiro atoms. The number of amides is 1. The predicted molar refractivity (Wildman–Crippen MR) is 85.8 cm³/mol. The van der Waals surface area contributed by atoms with Gasteiger partial charge in [0.15, 0.2) is 0 Å². The van der Waals surface area contributed by atoms with E-state index in [9.17, 15) is 18.0 Å². The first-order chi connectivity index (χ1) is 12.2. The van der Waals surface area contributed by atoms with Crippen molar-refractivity contribution >= 4 is 28.7 Å². The summed E-state index contributed by atoms with van der Waals surface area (Å²) in [5.41, 5.74) is 5.00. The van der Waals surface area contributed by atoms with E-state index in [-0.39, 0.29) is 22.2 Å². The first-order valence-electron chi connectivity index (χ1n) is 7.21. The van der Waals surface area contributed by atoms with Crippen LogP contribution in [0.3, 0.4) is 0 Å². The molecule has 1 unspecified atom stereocenters. The standard InChI is InChI=1S/C15H11ClF3N5O2/c1-7(13(20)25)24-11-5-9(6-21-14(11)22-23-24)26-12-3-2-8(4-10(12)16)15(17,18)19/h2-7H,1H3,(H2,20,25). The third kappa shape index (κ3) is 3.40. The van der Waals surface area contributed by atoms with Gasteiger partial charge in [0.25, 0.3) is 0 Å². The Balaban J connectivity index is 1.94. The van der Waals surface area contributed by atoms with Gasteiger partial charge in [-0.2, -0.15) is 13.2 Å². The van der Waals surface area contributed by atoms with Gasteiger partial charge in [-0.3, -0.25) is 4.79 Å². The molecule has 136 valence electrons. The van der Waals surface area contributed by atoms with Crippen molar-refractivity contribution in [3.63, 3.8) is 0 Å². The average molecular weight is 386 g/mol. The molecular formula is C15H11ClF3N5O2. The lowest BCUT2D eigenvalue weighted by Crippen LogP contribution is -2.24. The summed E-state index contributed by atoms with van der Waals surface area (Å²) in [6.45, 7) is 1.54. The molecular weight excluding hydrogens is 375 g/mol. The number of pyridine rings is 1. The Morgan fingerprint density at radius 1 is 1.35 bits per heavy atom. The molecule has 0 saturated carbocycles. The van der Waals surface area contributed by atoms with E-state index in [1.165, 1.54) is 23.9 Å². The summed E-state index contributed by atoms with van der Waals surface area (Å²) in [5, 5.41) is 7.42. The summed E-state index contributed by atoms with van der Waals surface area (Å²) in [6, 6.07) is 3.44. The quantitative estimate of drug-likeness (QED) is 0.743. The Bertz CT molecular complexity index is 989. The SMILES string of the molecule is CC(C(N)=O)n1nnc2ncc(Oc3ccc(C(F)(F)F)cc3Cl)cc21. The molecule has 1 amide bonds. The summed E-state index contributed by atoms with van der Waals surface area (Å²) in [7, 11) is 0. The van der Waals surface area contributed by atoms with E-state index in [4.69, 9.17) is 22.1 Å². The number of ether oxygens (including phenoxy) is 1. The van der Waals surface area contributed by atoms with Crippen LogP contribution in [0.25, 0.3) is 11.2 Å². The second-order valence-electron chi connectivity index (χ2n) is 5.37. The second kappa shape index (κ2) is 6.45. The summed E-state index contributed by atoms with van der Waals surface area (Å²) in [5.74, 6) is -0.420. The molecule has 0 aliphatic carbocycles. The van der Waals surface area contributed by atoms with Gasteiger partial charge in [-0.05, 0) is 25.1 Å². The summed E-state index contributed by atoms with van der Waals surface area (Å²) in [4.78, 5) is 15.4. The lowest BCUT2D eigenvalue weighted by molar-refractivity contribution is -0.137. The summed E-state index contributed by atoms with van der Waals surface area (Å²) >= 11 is 5.87. The molecule has 0 radical (unpaired) electrons. The average Bonchev–Trinajstić information content (AvgIpc) is 2.98. The summed E-state index contributed by atoms with van der Waals surface area (Å²) < 4.78 is 44.8. The van der Waals surface area contributed by atoms with Crippen molar-refractivity contribution in [2.45, 2.75) is 19.1 Å². The van der Waals surface area contributed by atoms with Gasteiger partial charge in [-0.25, -0.2) is 9.67 Å². The van der Waals surface area contributed by atoms with Crippen molar-refractivity contribution in [3.8, 4) is 11.5 Å². The number of fused-ring (bicyclic) bond motifs is 1. The third-order valence-corrected chi connectivity index (χ3v) is 3.87. The molecule has 0 fully saturated rings. The molecule has 2 aromatic heterocycles. The highest BCUT2D eigenvalue weighted by Crippen LogP contribution is 2.36. The minimum absolute atomic E-state index is 0.0165. The van der Waals surface area contributed by atoms with Gasteiger partial charge in [0.05, 0.1) is 16.8 Å². The maximum atomic E-state index is 12.7. The highest BCUT2D eigenvalue weighted by Gasteiger charge is 2.31. The van der Waals surface area contributed by atoms with Crippen molar-refractivity contribution in [1.82, 2.24) is 20.0 Å². The molecule has 3 aromatic rings. The zero-order valence-electron chi connectivity index (χ0n) is 13.2. The second-order valence-corrected chi connectivity index (χ2v) is 5.78. The molecule has 0 bridgehead atoms. The van der Waals surface area contributed by atoms with E-state index >= 15 is 0 Å². The van der Waals surface area contributed by atoms with Crippen molar-refractivity contribution in [3.05, 3.63) is 41.0 Å². The van der Waals surface area contributed by atoms with Crippen LogP contribution in [0.4, 0.5) is 13.2 Å². The molecule has 2 heterocycles. The van der Waals surface area contributed by atoms with Gasteiger partial charge in [-0.15, -0.1) is 5.10 Å². The van der Waals surface area contributed by atoms with E-state index in [0.717, 1.165) is 18.2 Å². The van der Waals surface area contributed by atoms with E-state index in [1.807, 2.05) is 0 Å². The van der Waals surface area contributed by atoms with E-state index in [1.54, 1.807) is 0 Å². The molecule has 0 aliphatic rings. The highest BCUT2D eigenvalue weighted by atomic mass is 35.5. The molecule has 7 nitrogen and oxygen atoms in total. The van der Waals surface area contributed by atoms with Crippen LogP contribution < -0.4 is 10.5 Å². The van der Waals surface area contributed by atoms with Gasteiger partial charge >= 0.3 is 6.18 Å². The minimum Gasteiger partial charge on any atom is -0.454 e. The lowest BCUT2D eigenvalue weighted by Gasteiger charge is -2.11. The molecule has 11 heteroatoms. The fourth-order valence-electron chi connectivity index (χ4n) is 2.16. The monoisotopic (exact) mass is 385 g/mol. The first kappa shape index (κ1) is 17.9. The Morgan fingerprint density at radius 3 is 2.69 bits per heavy atom.